The minimum absolute atomic E-state index is 0.0354. The van der Waals surface area contributed by atoms with Crippen LogP contribution < -0.4 is 15.2 Å². The zero-order valence-electron chi connectivity index (χ0n) is 15.8. The van der Waals surface area contributed by atoms with Gasteiger partial charge in [-0.05, 0) is 49.4 Å². The van der Waals surface area contributed by atoms with E-state index in [4.69, 9.17) is 9.84 Å². The van der Waals surface area contributed by atoms with Crippen molar-refractivity contribution in [2.45, 2.75) is 25.4 Å². The van der Waals surface area contributed by atoms with Crippen molar-refractivity contribution in [3.63, 3.8) is 0 Å². The summed E-state index contributed by atoms with van der Waals surface area (Å²) >= 11 is 3.48. The standard InChI is InChI=1S/C21H17BrN4O3/c1-21-10-9-17(27)25(21)16-8-5-13(22)11-15(16)19-23-20(28)18(24-26(19)21)12-3-6-14(29-2)7-4-12/h3-8,11H,9-10H2,1-2H3/t21-/m0/s1. The first-order valence-electron chi connectivity index (χ1n) is 9.21. The quantitative estimate of drug-likeness (QED) is 0.593. The number of aromatic nitrogens is 3. The Labute approximate surface area is 175 Å². The van der Waals surface area contributed by atoms with Gasteiger partial charge in [0.25, 0.3) is 5.56 Å². The smallest absolute Gasteiger partial charge is 0.300 e. The average Bonchev–Trinajstić information content (AvgIpc) is 3.03. The Bertz CT molecular complexity index is 1220. The topological polar surface area (TPSA) is 77.3 Å². The number of carbonyl (C=O) groups is 1. The fraction of sp³-hybridized carbons (Fsp3) is 0.238. The number of anilines is 1. The fourth-order valence-corrected chi connectivity index (χ4v) is 4.50. The second kappa shape index (κ2) is 6.25. The van der Waals surface area contributed by atoms with E-state index in [0.29, 0.717) is 35.5 Å². The first kappa shape index (κ1) is 18.1. The molecule has 5 rings (SSSR count). The maximum atomic E-state index is 12.9. The summed E-state index contributed by atoms with van der Waals surface area (Å²) in [6.07, 6.45) is 1.01. The van der Waals surface area contributed by atoms with Crippen molar-refractivity contribution in [1.29, 1.82) is 0 Å². The van der Waals surface area contributed by atoms with Crippen LogP contribution in [-0.2, 0) is 10.5 Å². The third-order valence-corrected chi connectivity index (χ3v) is 6.11. The Morgan fingerprint density at radius 1 is 1.14 bits per heavy atom. The average molecular weight is 453 g/mol. The van der Waals surface area contributed by atoms with Gasteiger partial charge in [0.2, 0.25) is 5.91 Å². The van der Waals surface area contributed by atoms with Gasteiger partial charge >= 0.3 is 0 Å². The van der Waals surface area contributed by atoms with Crippen LogP contribution in [0.5, 0.6) is 5.75 Å². The molecule has 3 aromatic rings. The van der Waals surface area contributed by atoms with Crippen molar-refractivity contribution >= 4 is 27.5 Å². The summed E-state index contributed by atoms with van der Waals surface area (Å²) in [4.78, 5) is 31.8. The van der Waals surface area contributed by atoms with E-state index in [-0.39, 0.29) is 11.6 Å². The van der Waals surface area contributed by atoms with Gasteiger partial charge in [0.05, 0.1) is 12.8 Å². The van der Waals surface area contributed by atoms with Crippen molar-refractivity contribution in [2.75, 3.05) is 12.0 Å². The Morgan fingerprint density at radius 2 is 1.90 bits per heavy atom. The highest BCUT2D eigenvalue weighted by Crippen LogP contribution is 2.48. The molecule has 0 N–H and O–H groups in total. The highest BCUT2D eigenvalue weighted by molar-refractivity contribution is 9.10. The number of hydrogen-bond donors (Lipinski definition) is 0. The molecular weight excluding hydrogens is 436 g/mol. The third kappa shape index (κ3) is 2.55. The highest BCUT2D eigenvalue weighted by Gasteiger charge is 2.50. The van der Waals surface area contributed by atoms with Crippen LogP contribution in [0.1, 0.15) is 19.8 Å². The molecule has 7 nitrogen and oxygen atoms in total. The van der Waals surface area contributed by atoms with Gasteiger partial charge in [-0.1, -0.05) is 15.9 Å². The first-order valence-corrected chi connectivity index (χ1v) is 10.0. The minimum Gasteiger partial charge on any atom is -0.497 e. The lowest BCUT2D eigenvalue weighted by molar-refractivity contribution is -0.117. The molecule has 1 aromatic heterocycles. The molecule has 3 heterocycles. The Balaban J connectivity index is 1.78. The highest BCUT2D eigenvalue weighted by atomic mass is 79.9. The summed E-state index contributed by atoms with van der Waals surface area (Å²) in [7, 11) is 1.59. The van der Waals surface area contributed by atoms with Crippen LogP contribution in [0, 0.1) is 0 Å². The molecule has 1 atom stereocenters. The van der Waals surface area contributed by atoms with E-state index in [0.717, 1.165) is 10.2 Å². The normalized spacial score (nSPS) is 19.6. The summed E-state index contributed by atoms with van der Waals surface area (Å²) in [5.74, 6) is 1.20. The molecule has 146 valence electrons. The molecule has 8 heteroatoms. The monoisotopic (exact) mass is 452 g/mol. The number of methoxy groups -OCH3 is 1. The predicted octanol–water partition coefficient (Wildman–Crippen LogP) is 3.56. The van der Waals surface area contributed by atoms with Crippen LogP contribution in [0.4, 0.5) is 5.69 Å². The molecule has 0 aliphatic carbocycles. The number of hydrogen-bond acceptors (Lipinski definition) is 5. The van der Waals surface area contributed by atoms with E-state index in [1.807, 2.05) is 25.1 Å². The van der Waals surface area contributed by atoms with Crippen LogP contribution >= 0.6 is 15.9 Å². The molecule has 1 fully saturated rings. The number of nitrogens with zero attached hydrogens (tertiary/aromatic N) is 4. The molecule has 1 amide bonds. The van der Waals surface area contributed by atoms with Crippen molar-refractivity contribution < 1.29 is 9.53 Å². The fourth-order valence-electron chi connectivity index (χ4n) is 4.14. The Hall–Kier alpha value is -3.00. The maximum Gasteiger partial charge on any atom is 0.300 e. The second-order valence-electron chi connectivity index (χ2n) is 7.34. The molecule has 1 saturated heterocycles. The van der Waals surface area contributed by atoms with Crippen molar-refractivity contribution in [3.8, 4) is 28.4 Å². The van der Waals surface area contributed by atoms with Gasteiger partial charge in [-0.25, -0.2) is 4.68 Å². The lowest BCUT2D eigenvalue weighted by Gasteiger charge is -2.42. The molecule has 0 spiro atoms. The van der Waals surface area contributed by atoms with Crippen molar-refractivity contribution in [2.24, 2.45) is 0 Å². The number of benzene rings is 2. The second-order valence-corrected chi connectivity index (χ2v) is 8.25. The lowest BCUT2D eigenvalue weighted by atomic mass is 10.0. The molecule has 2 aliphatic heterocycles. The molecule has 0 saturated carbocycles. The van der Waals surface area contributed by atoms with E-state index >= 15 is 0 Å². The van der Waals surface area contributed by atoms with Gasteiger partial charge in [0.1, 0.15) is 11.4 Å². The Kier molecular flexibility index (Phi) is 3.89. The molecule has 2 aliphatic rings. The molecular formula is C21H17BrN4O3. The van der Waals surface area contributed by atoms with Crippen LogP contribution in [0.15, 0.2) is 51.7 Å². The number of amides is 1. The summed E-state index contributed by atoms with van der Waals surface area (Å²) in [5.41, 5.74) is 1.24. The summed E-state index contributed by atoms with van der Waals surface area (Å²) in [5, 5.41) is 4.71. The van der Waals surface area contributed by atoms with E-state index in [9.17, 15) is 9.59 Å². The third-order valence-electron chi connectivity index (χ3n) is 5.61. The van der Waals surface area contributed by atoms with Gasteiger partial charge in [0, 0.05) is 28.4 Å². The van der Waals surface area contributed by atoms with Crippen molar-refractivity contribution in [3.05, 3.63) is 57.3 Å². The summed E-state index contributed by atoms with van der Waals surface area (Å²) in [6, 6.07) is 12.8. The van der Waals surface area contributed by atoms with Gasteiger partial charge in [-0.2, -0.15) is 10.1 Å². The van der Waals surface area contributed by atoms with Gasteiger partial charge in [-0.15, -0.1) is 0 Å². The largest absolute Gasteiger partial charge is 0.497 e. The number of rotatable bonds is 2. The minimum atomic E-state index is -0.713. The van der Waals surface area contributed by atoms with E-state index in [1.165, 1.54) is 0 Å². The summed E-state index contributed by atoms with van der Waals surface area (Å²) in [6.45, 7) is 1.96. The van der Waals surface area contributed by atoms with Gasteiger partial charge < -0.3 is 4.74 Å². The predicted molar refractivity (Wildman–Crippen MR) is 112 cm³/mol. The molecule has 0 unspecified atom stereocenters. The number of ether oxygens (including phenoxy) is 1. The SMILES string of the molecule is COc1ccc(-c2nn3c(nc2=O)-c2cc(Br)ccc2N2C(=O)CC[C@@]23C)cc1. The number of fused-ring (bicyclic) bond motifs is 6. The zero-order valence-corrected chi connectivity index (χ0v) is 17.4. The maximum absolute atomic E-state index is 12.9. The van der Waals surface area contributed by atoms with Gasteiger partial charge in [-0.3, -0.25) is 14.5 Å². The Morgan fingerprint density at radius 3 is 2.62 bits per heavy atom. The van der Waals surface area contributed by atoms with Crippen LogP contribution in [0.2, 0.25) is 0 Å². The van der Waals surface area contributed by atoms with Crippen LogP contribution in [0.3, 0.4) is 0 Å². The van der Waals surface area contributed by atoms with Gasteiger partial charge in [0.15, 0.2) is 11.5 Å². The van der Waals surface area contributed by atoms with Crippen LogP contribution in [-0.4, -0.2) is 27.8 Å². The lowest BCUT2D eigenvalue weighted by Crippen LogP contribution is -2.51. The molecule has 29 heavy (non-hydrogen) atoms. The van der Waals surface area contributed by atoms with E-state index in [2.05, 4.69) is 20.9 Å². The molecule has 0 bridgehead atoms. The van der Waals surface area contributed by atoms with Crippen molar-refractivity contribution in [1.82, 2.24) is 14.8 Å². The zero-order chi connectivity index (χ0) is 20.3. The molecule has 0 radical (unpaired) electrons. The van der Waals surface area contributed by atoms with E-state index < -0.39 is 11.2 Å². The number of halogens is 1. The number of carbonyl (C=O) groups excluding carboxylic acids is 1. The van der Waals surface area contributed by atoms with Crippen LogP contribution in [0.25, 0.3) is 22.6 Å². The van der Waals surface area contributed by atoms with E-state index in [1.54, 1.807) is 41.0 Å². The first-order chi connectivity index (χ1) is 13.9. The summed E-state index contributed by atoms with van der Waals surface area (Å²) < 4.78 is 7.76. The molecule has 2 aromatic carbocycles.